The number of hydrogen-bond donors (Lipinski definition) is 1. The monoisotopic (exact) mass is 266 g/mol. The number of nitrogens with zero attached hydrogens (tertiary/aromatic N) is 1. The van der Waals surface area contributed by atoms with Gasteiger partial charge in [-0.2, -0.15) is 0 Å². The fourth-order valence-corrected chi connectivity index (χ4v) is 3.76. The normalized spacial score (nSPS) is 22.7. The van der Waals surface area contributed by atoms with Gasteiger partial charge in [0.25, 0.3) is 0 Å². The van der Waals surface area contributed by atoms with E-state index in [1.54, 1.807) is 0 Å². The number of hydrogen-bond acceptors (Lipinski definition) is 2. The van der Waals surface area contributed by atoms with Crippen molar-refractivity contribution >= 4 is 5.91 Å². The van der Waals surface area contributed by atoms with E-state index in [4.69, 9.17) is 0 Å². The maximum atomic E-state index is 12.4. The van der Waals surface area contributed by atoms with Crippen molar-refractivity contribution in [3.05, 3.63) is 0 Å². The third-order valence-corrected chi connectivity index (χ3v) is 4.77. The first kappa shape index (κ1) is 14.8. The molecule has 1 N–H and O–H groups in total. The highest BCUT2D eigenvalue weighted by molar-refractivity contribution is 5.77. The van der Waals surface area contributed by atoms with Crippen molar-refractivity contribution in [2.24, 2.45) is 16.7 Å². The van der Waals surface area contributed by atoms with Gasteiger partial charge in [0.05, 0.1) is 0 Å². The molecule has 0 aliphatic carbocycles. The molecule has 2 aliphatic heterocycles. The molecule has 0 aromatic carbocycles. The van der Waals surface area contributed by atoms with E-state index in [1.807, 2.05) is 0 Å². The Kier molecular flexibility index (Phi) is 4.24. The molecule has 0 atom stereocenters. The van der Waals surface area contributed by atoms with Gasteiger partial charge in [-0.3, -0.25) is 4.79 Å². The SMILES string of the molecule is CC(C)CC(C)(C)CC(=O)N1CCC2(CC1)CNC2. The van der Waals surface area contributed by atoms with Crippen LogP contribution in [0, 0.1) is 16.7 Å². The summed E-state index contributed by atoms with van der Waals surface area (Å²) in [5.74, 6) is 1.03. The van der Waals surface area contributed by atoms with Crippen molar-refractivity contribution in [2.75, 3.05) is 26.2 Å². The lowest BCUT2D eigenvalue weighted by molar-refractivity contribution is -0.136. The topological polar surface area (TPSA) is 32.3 Å². The number of carbonyl (C=O) groups is 1. The smallest absolute Gasteiger partial charge is 0.223 e. The summed E-state index contributed by atoms with van der Waals surface area (Å²) in [4.78, 5) is 14.5. The van der Waals surface area contributed by atoms with Crippen LogP contribution in [0.3, 0.4) is 0 Å². The Morgan fingerprint density at radius 2 is 1.84 bits per heavy atom. The lowest BCUT2D eigenvalue weighted by Crippen LogP contribution is -2.58. The van der Waals surface area contributed by atoms with E-state index in [-0.39, 0.29) is 5.41 Å². The summed E-state index contributed by atoms with van der Waals surface area (Å²) in [5, 5.41) is 3.37. The molecule has 1 spiro atoms. The quantitative estimate of drug-likeness (QED) is 0.848. The van der Waals surface area contributed by atoms with Crippen LogP contribution in [-0.2, 0) is 4.79 Å². The minimum Gasteiger partial charge on any atom is -0.343 e. The number of rotatable bonds is 4. The summed E-state index contributed by atoms with van der Waals surface area (Å²) >= 11 is 0. The molecule has 0 saturated carbocycles. The molecule has 0 aromatic rings. The van der Waals surface area contributed by atoms with Gasteiger partial charge in [-0.05, 0) is 36.0 Å². The lowest BCUT2D eigenvalue weighted by atomic mass is 9.73. The summed E-state index contributed by atoms with van der Waals surface area (Å²) in [6.07, 6.45) is 4.21. The molecule has 19 heavy (non-hydrogen) atoms. The average Bonchev–Trinajstić information content (AvgIpc) is 2.24. The molecule has 0 unspecified atom stereocenters. The van der Waals surface area contributed by atoms with Gasteiger partial charge in [0.15, 0.2) is 0 Å². The first-order valence-electron chi connectivity index (χ1n) is 7.81. The molecule has 3 nitrogen and oxygen atoms in total. The van der Waals surface area contributed by atoms with Gasteiger partial charge in [-0.25, -0.2) is 0 Å². The number of carbonyl (C=O) groups excluding carboxylic acids is 1. The maximum Gasteiger partial charge on any atom is 0.223 e. The number of nitrogens with one attached hydrogen (secondary N) is 1. The lowest BCUT2D eigenvalue weighted by Gasteiger charge is -2.48. The van der Waals surface area contributed by atoms with Crippen LogP contribution in [0.4, 0.5) is 0 Å². The highest BCUT2D eigenvalue weighted by Crippen LogP contribution is 2.36. The first-order chi connectivity index (χ1) is 8.82. The third-order valence-electron chi connectivity index (χ3n) is 4.77. The van der Waals surface area contributed by atoms with Gasteiger partial charge < -0.3 is 10.2 Å². The van der Waals surface area contributed by atoms with E-state index in [9.17, 15) is 4.79 Å². The summed E-state index contributed by atoms with van der Waals surface area (Å²) < 4.78 is 0. The zero-order chi connectivity index (χ0) is 14.1. The van der Waals surface area contributed by atoms with Gasteiger partial charge in [0.1, 0.15) is 0 Å². The second-order valence-electron chi connectivity index (χ2n) is 7.92. The Balaban J connectivity index is 1.80. The van der Waals surface area contributed by atoms with Gasteiger partial charge in [0.2, 0.25) is 5.91 Å². The molecule has 0 radical (unpaired) electrons. The zero-order valence-electron chi connectivity index (χ0n) is 13.1. The Morgan fingerprint density at radius 3 is 2.26 bits per heavy atom. The van der Waals surface area contributed by atoms with Crippen molar-refractivity contribution in [3.63, 3.8) is 0 Å². The minimum atomic E-state index is 0.137. The molecule has 2 saturated heterocycles. The van der Waals surface area contributed by atoms with E-state index in [2.05, 4.69) is 37.9 Å². The summed E-state index contributed by atoms with van der Waals surface area (Å²) in [7, 11) is 0. The van der Waals surface area contributed by atoms with Gasteiger partial charge >= 0.3 is 0 Å². The largest absolute Gasteiger partial charge is 0.343 e. The Hall–Kier alpha value is -0.570. The molecule has 2 aliphatic rings. The van der Waals surface area contributed by atoms with E-state index < -0.39 is 0 Å². The van der Waals surface area contributed by atoms with Crippen LogP contribution in [0.1, 0.15) is 53.4 Å². The molecule has 2 heterocycles. The van der Waals surface area contributed by atoms with E-state index in [1.165, 1.54) is 12.8 Å². The summed E-state index contributed by atoms with van der Waals surface area (Å²) in [6.45, 7) is 13.2. The first-order valence-corrected chi connectivity index (χ1v) is 7.81. The van der Waals surface area contributed by atoms with Gasteiger partial charge in [0, 0.05) is 32.6 Å². The number of piperidine rings is 1. The number of amides is 1. The molecule has 110 valence electrons. The fraction of sp³-hybridized carbons (Fsp3) is 0.938. The molecular formula is C16H30N2O. The third kappa shape index (κ3) is 3.71. The highest BCUT2D eigenvalue weighted by Gasteiger charge is 2.40. The Labute approximate surface area is 118 Å². The predicted molar refractivity (Wildman–Crippen MR) is 79.0 cm³/mol. The van der Waals surface area contributed by atoms with Crippen LogP contribution in [-0.4, -0.2) is 37.0 Å². The summed E-state index contributed by atoms with van der Waals surface area (Å²) in [5.41, 5.74) is 0.669. The standard InChI is InChI=1S/C16H30N2O/c1-13(2)9-15(3,4)10-14(19)18-7-5-16(6-8-18)11-17-12-16/h13,17H,5-12H2,1-4H3. The molecule has 0 aromatic heterocycles. The minimum absolute atomic E-state index is 0.137. The van der Waals surface area contributed by atoms with Crippen LogP contribution in [0.15, 0.2) is 0 Å². The molecule has 1 amide bonds. The highest BCUT2D eigenvalue weighted by atomic mass is 16.2. The Morgan fingerprint density at radius 1 is 1.26 bits per heavy atom. The van der Waals surface area contributed by atoms with Crippen LogP contribution in [0.2, 0.25) is 0 Å². The van der Waals surface area contributed by atoms with Crippen molar-refractivity contribution in [1.29, 1.82) is 0 Å². The molecular weight excluding hydrogens is 236 g/mol. The van der Waals surface area contributed by atoms with Crippen molar-refractivity contribution in [3.8, 4) is 0 Å². The molecule has 3 heteroatoms. The second kappa shape index (κ2) is 5.43. The van der Waals surface area contributed by atoms with Crippen LogP contribution in [0.25, 0.3) is 0 Å². The zero-order valence-corrected chi connectivity index (χ0v) is 13.1. The average molecular weight is 266 g/mol. The second-order valence-corrected chi connectivity index (χ2v) is 7.92. The van der Waals surface area contributed by atoms with Crippen molar-refractivity contribution in [1.82, 2.24) is 10.2 Å². The molecule has 0 bridgehead atoms. The fourth-order valence-electron chi connectivity index (χ4n) is 3.76. The van der Waals surface area contributed by atoms with E-state index in [0.717, 1.165) is 32.6 Å². The predicted octanol–water partition coefficient (Wildman–Crippen LogP) is 2.66. The van der Waals surface area contributed by atoms with Crippen LogP contribution in [0.5, 0.6) is 0 Å². The molecule has 2 rings (SSSR count). The van der Waals surface area contributed by atoms with Gasteiger partial charge in [-0.1, -0.05) is 27.7 Å². The van der Waals surface area contributed by atoms with Crippen molar-refractivity contribution in [2.45, 2.75) is 53.4 Å². The summed E-state index contributed by atoms with van der Waals surface area (Å²) in [6, 6.07) is 0. The van der Waals surface area contributed by atoms with E-state index in [0.29, 0.717) is 23.7 Å². The maximum absolute atomic E-state index is 12.4. The Bertz CT molecular complexity index is 322. The van der Waals surface area contributed by atoms with Crippen LogP contribution < -0.4 is 5.32 Å². The van der Waals surface area contributed by atoms with Crippen molar-refractivity contribution < 1.29 is 4.79 Å². The van der Waals surface area contributed by atoms with Gasteiger partial charge in [-0.15, -0.1) is 0 Å². The van der Waals surface area contributed by atoms with E-state index >= 15 is 0 Å². The number of likely N-dealkylation sites (tertiary alicyclic amines) is 1. The van der Waals surface area contributed by atoms with Crippen LogP contribution >= 0.6 is 0 Å². The molecule has 2 fully saturated rings.